The van der Waals surface area contributed by atoms with Crippen molar-refractivity contribution < 1.29 is 0 Å². The first kappa shape index (κ1) is 17.5. The number of aromatic amines is 2. The molecule has 0 atom stereocenters. The van der Waals surface area contributed by atoms with E-state index in [-0.39, 0.29) is 0 Å². The molecule has 0 bridgehead atoms. The van der Waals surface area contributed by atoms with Gasteiger partial charge in [-0.3, -0.25) is 14.6 Å². The third-order valence-corrected chi connectivity index (χ3v) is 5.48. The molecule has 0 spiro atoms. The number of H-pyrrole nitrogens is 2. The summed E-state index contributed by atoms with van der Waals surface area (Å²) in [5.74, 6) is 1.42. The summed E-state index contributed by atoms with van der Waals surface area (Å²) in [6.45, 7) is 4.03. The van der Waals surface area contributed by atoms with Crippen LogP contribution in [0.2, 0.25) is 0 Å². The fourth-order valence-electron chi connectivity index (χ4n) is 3.89. The van der Waals surface area contributed by atoms with Crippen LogP contribution in [0.5, 0.6) is 0 Å². The molecule has 0 aliphatic carbocycles. The summed E-state index contributed by atoms with van der Waals surface area (Å²) in [4.78, 5) is 21.4. The summed E-state index contributed by atoms with van der Waals surface area (Å²) in [6, 6.07) is 10.2. The third-order valence-electron chi connectivity index (χ3n) is 5.48. The van der Waals surface area contributed by atoms with Gasteiger partial charge < -0.3 is 4.98 Å². The maximum absolute atomic E-state index is 4.85. The highest BCUT2D eigenvalue weighted by Crippen LogP contribution is 2.31. The number of aryl methyl sites for hydroxylation is 2. The lowest BCUT2D eigenvalue weighted by molar-refractivity contribution is 1.00. The van der Waals surface area contributed by atoms with E-state index in [1.165, 1.54) is 5.56 Å². The summed E-state index contributed by atoms with van der Waals surface area (Å²) >= 11 is 0. The van der Waals surface area contributed by atoms with E-state index >= 15 is 0 Å². The average Bonchev–Trinajstić information content (AvgIpc) is 3.50. The molecule has 5 aromatic heterocycles. The first-order valence-electron chi connectivity index (χ1n) is 9.92. The van der Waals surface area contributed by atoms with Gasteiger partial charge in [0, 0.05) is 35.7 Å². The molecule has 0 amide bonds. The second kappa shape index (κ2) is 6.60. The topological polar surface area (TPSA) is 101 Å². The molecule has 5 heterocycles. The van der Waals surface area contributed by atoms with Gasteiger partial charge in [0.25, 0.3) is 0 Å². The number of hydrogen-bond acceptors (Lipinski definition) is 5. The standard InChI is InChI=1S/C23H18N8/c1-13-5-7-24-10-17(13)15-3-4-18-16(9-15)20(30-29-18)22-27-19-6-8-25-23(21(19)28-22)31-11-14(2)26-12-31/h3-12H,1-2H3,(H,27,28)(H,29,30). The Balaban J connectivity index is 1.52. The molecule has 6 aromatic rings. The van der Waals surface area contributed by atoms with Crippen LogP contribution in [0.4, 0.5) is 0 Å². The highest BCUT2D eigenvalue weighted by Gasteiger charge is 2.16. The van der Waals surface area contributed by atoms with Crippen molar-refractivity contribution in [3.8, 4) is 28.5 Å². The fourth-order valence-corrected chi connectivity index (χ4v) is 3.89. The molecule has 0 aliphatic rings. The van der Waals surface area contributed by atoms with Gasteiger partial charge in [0.2, 0.25) is 0 Å². The van der Waals surface area contributed by atoms with Crippen LogP contribution >= 0.6 is 0 Å². The number of aromatic nitrogens is 8. The Kier molecular flexibility index (Phi) is 3.73. The minimum atomic E-state index is 0.687. The molecule has 8 nitrogen and oxygen atoms in total. The zero-order valence-electron chi connectivity index (χ0n) is 17.0. The number of rotatable bonds is 3. The van der Waals surface area contributed by atoms with Crippen molar-refractivity contribution in [1.29, 1.82) is 0 Å². The van der Waals surface area contributed by atoms with E-state index in [0.29, 0.717) is 5.82 Å². The monoisotopic (exact) mass is 406 g/mol. The Hall–Kier alpha value is -4.33. The van der Waals surface area contributed by atoms with Crippen molar-refractivity contribution in [3.63, 3.8) is 0 Å². The van der Waals surface area contributed by atoms with Crippen molar-refractivity contribution in [1.82, 2.24) is 39.7 Å². The van der Waals surface area contributed by atoms with E-state index in [1.807, 2.05) is 48.3 Å². The maximum Gasteiger partial charge on any atom is 0.166 e. The Morgan fingerprint density at radius 2 is 1.90 bits per heavy atom. The second-order valence-corrected chi connectivity index (χ2v) is 7.56. The molecule has 0 unspecified atom stereocenters. The molecule has 31 heavy (non-hydrogen) atoms. The first-order chi connectivity index (χ1) is 15.2. The molecule has 0 radical (unpaired) electrons. The number of benzene rings is 1. The highest BCUT2D eigenvalue weighted by atomic mass is 15.2. The molecule has 6 rings (SSSR count). The number of hydrogen-bond donors (Lipinski definition) is 2. The van der Waals surface area contributed by atoms with Gasteiger partial charge in [0.1, 0.15) is 17.5 Å². The van der Waals surface area contributed by atoms with Gasteiger partial charge in [-0.25, -0.2) is 15.0 Å². The van der Waals surface area contributed by atoms with Crippen LogP contribution in [-0.4, -0.2) is 39.7 Å². The van der Waals surface area contributed by atoms with Gasteiger partial charge >= 0.3 is 0 Å². The van der Waals surface area contributed by atoms with E-state index in [1.54, 1.807) is 12.5 Å². The van der Waals surface area contributed by atoms with Crippen LogP contribution in [0.15, 0.2) is 61.4 Å². The number of nitrogens with one attached hydrogen (secondary N) is 2. The summed E-state index contributed by atoms with van der Waals surface area (Å²) in [5, 5.41) is 8.66. The van der Waals surface area contributed by atoms with E-state index in [2.05, 4.69) is 49.2 Å². The minimum Gasteiger partial charge on any atom is -0.336 e. The van der Waals surface area contributed by atoms with Gasteiger partial charge in [-0.05, 0) is 49.2 Å². The van der Waals surface area contributed by atoms with Crippen LogP contribution in [-0.2, 0) is 0 Å². The SMILES string of the molecule is Cc1cn(-c2nccc3[nH]c(-c4n[nH]c5ccc(-c6cnccc6C)cc45)nc23)cn1. The fraction of sp³-hybridized carbons (Fsp3) is 0.0870. The minimum absolute atomic E-state index is 0.687. The number of fused-ring (bicyclic) bond motifs is 2. The smallest absolute Gasteiger partial charge is 0.166 e. The van der Waals surface area contributed by atoms with Crippen molar-refractivity contribution >= 4 is 21.9 Å². The van der Waals surface area contributed by atoms with Crippen molar-refractivity contribution in [2.75, 3.05) is 0 Å². The first-order valence-corrected chi connectivity index (χ1v) is 9.92. The number of pyridine rings is 2. The predicted octanol–water partition coefficient (Wildman–Crippen LogP) is 4.37. The highest BCUT2D eigenvalue weighted by molar-refractivity contribution is 5.96. The quantitative estimate of drug-likeness (QED) is 0.455. The second-order valence-electron chi connectivity index (χ2n) is 7.56. The Bertz CT molecular complexity index is 1570. The third kappa shape index (κ3) is 2.80. The molecule has 150 valence electrons. The summed E-state index contributed by atoms with van der Waals surface area (Å²) in [6.07, 6.45) is 9.15. The van der Waals surface area contributed by atoms with E-state index < -0.39 is 0 Å². The van der Waals surface area contributed by atoms with Crippen LogP contribution in [0, 0.1) is 13.8 Å². The van der Waals surface area contributed by atoms with Crippen molar-refractivity contribution in [2.24, 2.45) is 0 Å². The lowest BCUT2D eigenvalue weighted by Crippen LogP contribution is -1.95. The van der Waals surface area contributed by atoms with Crippen molar-refractivity contribution in [3.05, 3.63) is 72.7 Å². The zero-order valence-corrected chi connectivity index (χ0v) is 17.0. The molecule has 0 fully saturated rings. The van der Waals surface area contributed by atoms with Crippen LogP contribution in [0.1, 0.15) is 11.3 Å². The predicted molar refractivity (Wildman–Crippen MR) is 119 cm³/mol. The zero-order chi connectivity index (χ0) is 20.9. The van der Waals surface area contributed by atoms with Crippen LogP contribution in [0.3, 0.4) is 0 Å². The van der Waals surface area contributed by atoms with Gasteiger partial charge in [0.15, 0.2) is 11.6 Å². The molecule has 1 aromatic carbocycles. The van der Waals surface area contributed by atoms with Gasteiger partial charge in [0.05, 0.1) is 16.7 Å². The van der Waals surface area contributed by atoms with Crippen LogP contribution < -0.4 is 0 Å². The number of nitrogens with zero attached hydrogens (tertiary/aromatic N) is 6. The van der Waals surface area contributed by atoms with E-state index in [0.717, 1.165) is 50.3 Å². The molecule has 8 heteroatoms. The lowest BCUT2D eigenvalue weighted by atomic mass is 10.0. The van der Waals surface area contributed by atoms with Crippen molar-refractivity contribution in [2.45, 2.75) is 13.8 Å². The summed E-state index contributed by atoms with van der Waals surface area (Å²) in [5.41, 5.74) is 7.66. The molecular formula is C23H18N8. The van der Waals surface area contributed by atoms with E-state index in [4.69, 9.17) is 4.98 Å². The van der Waals surface area contributed by atoms with Gasteiger partial charge in [-0.15, -0.1) is 0 Å². The average molecular weight is 406 g/mol. The molecule has 2 N–H and O–H groups in total. The van der Waals surface area contributed by atoms with Crippen LogP contribution in [0.25, 0.3) is 50.4 Å². The summed E-state index contributed by atoms with van der Waals surface area (Å²) < 4.78 is 1.88. The molecule has 0 aliphatic heterocycles. The number of imidazole rings is 2. The largest absolute Gasteiger partial charge is 0.336 e. The molecule has 0 saturated heterocycles. The van der Waals surface area contributed by atoms with Gasteiger partial charge in [-0.1, -0.05) is 6.07 Å². The Morgan fingerprint density at radius 3 is 2.74 bits per heavy atom. The summed E-state index contributed by atoms with van der Waals surface area (Å²) in [7, 11) is 0. The molecule has 0 saturated carbocycles. The Morgan fingerprint density at radius 1 is 0.968 bits per heavy atom. The maximum atomic E-state index is 4.85. The van der Waals surface area contributed by atoms with Gasteiger partial charge in [-0.2, -0.15) is 5.10 Å². The lowest BCUT2D eigenvalue weighted by Gasteiger charge is -2.05. The van der Waals surface area contributed by atoms with E-state index in [9.17, 15) is 0 Å². The normalized spacial score (nSPS) is 11.5. The molecular weight excluding hydrogens is 388 g/mol. The Labute approximate surface area is 177 Å².